The molecule has 1 aliphatic carbocycles. The average Bonchev–Trinajstić information content (AvgIpc) is 2.65. The third-order valence-electron chi connectivity index (χ3n) is 4.43. The van der Waals surface area contributed by atoms with Crippen LogP contribution in [-0.2, 0) is 9.59 Å². The molecule has 0 saturated heterocycles. The van der Waals surface area contributed by atoms with Gasteiger partial charge in [-0.2, -0.15) is 0 Å². The molecule has 0 aromatic heterocycles. The van der Waals surface area contributed by atoms with Gasteiger partial charge >= 0.3 is 0 Å². The van der Waals surface area contributed by atoms with Crippen molar-refractivity contribution in [1.29, 1.82) is 0 Å². The number of allylic oxidation sites excluding steroid dienone is 2. The minimum atomic E-state index is -0.359. The van der Waals surface area contributed by atoms with Crippen molar-refractivity contribution in [3.05, 3.63) is 42.0 Å². The summed E-state index contributed by atoms with van der Waals surface area (Å²) in [5, 5.41) is 11.4. The average molecular weight is 330 g/mol. The molecule has 0 aliphatic heterocycles. The Morgan fingerprint density at radius 2 is 1.92 bits per heavy atom. The standard InChI is InChI=1S/C19H26N2O3/c22-18(21-24)9-5-2-6-14-20-19(23)17-12-10-16(11-13-17)15-7-3-1-4-8-15/h1,3-4,7-8,10,17,24H,2,5-6,9,11-14H2,(H,20,23)(H,21,22). The quantitative estimate of drug-likeness (QED) is 0.389. The number of hydrogen-bond donors (Lipinski definition) is 3. The van der Waals surface area contributed by atoms with Crippen LogP contribution in [0.15, 0.2) is 36.4 Å². The maximum Gasteiger partial charge on any atom is 0.243 e. The molecule has 2 rings (SSSR count). The smallest absolute Gasteiger partial charge is 0.243 e. The summed E-state index contributed by atoms with van der Waals surface area (Å²) >= 11 is 0. The van der Waals surface area contributed by atoms with Crippen LogP contribution in [0.4, 0.5) is 0 Å². The summed E-state index contributed by atoms with van der Waals surface area (Å²) in [5.41, 5.74) is 4.21. The molecule has 0 radical (unpaired) electrons. The van der Waals surface area contributed by atoms with E-state index in [0.717, 1.165) is 38.5 Å². The summed E-state index contributed by atoms with van der Waals surface area (Å²) in [6.07, 6.45) is 7.57. The van der Waals surface area contributed by atoms with Crippen LogP contribution >= 0.6 is 0 Å². The molecule has 130 valence electrons. The van der Waals surface area contributed by atoms with E-state index >= 15 is 0 Å². The molecule has 5 nitrogen and oxygen atoms in total. The lowest BCUT2D eigenvalue weighted by Gasteiger charge is -2.21. The van der Waals surface area contributed by atoms with Gasteiger partial charge in [-0.3, -0.25) is 14.8 Å². The van der Waals surface area contributed by atoms with Crippen LogP contribution in [0.2, 0.25) is 0 Å². The molecule has 3 N–H and O–H groups in total. The molecule has 2 amide bonds. The monoisotopic (exact) mass is 330 g/mol. The first-order valence-corrected chi connectivity index (χ1v) is 8.66. The fourth-order valence-corrected chi connectivity index (χ4v) is 2.99. The number of hydroxylamine groups is 1. The van der Waals surface area contributed by atoms with Gasteiger partial charge in [0.2, 0.25) is 11.8 Å². The first kappa shape index (κ1) is 18.2. The van der Waals surface area contributed by atoms with E-state index in [1.165, 1.54) is 11.1 Å². The Balaban J connectivity index is 1.64. The van der Waals surface area contributed by atoms with Gasteiger partial charge in [0.1, 0.15) is 0 Å². The number of carbonyl (C=O) groups excluding carboxylic acids is 2. The normalized spacial score (nSPS) is 17.0. The maximum absolute atomic E-state index is 12.2. The summed E-state index contributed by atoms with van der Waals surface area (Å²) in [6, 6.07) is 10.3. The van der Waals surface area contributed by atoms with E-state index in [2.05, 4.69) is 23.5 Å². The number of carbonyl (C=O) groups is 2. The van der Waals surface area contributed by atoms with Crippen molar-refractivity contribution < 1.29 is 14.8 Å². The van der Waals surface area contributed by atoms with Crippen LogP contribution in [0.1, 0.15) is 50.5 Å². The highest BCUT2D eigenvalue weighted by Gasteiger charge is 2.21. The van der Waals surface area contributed by atoms with Gasteiger partial charge in [0.05, 0.1) is 0 Å². The predicted molar refractivity (Wildman–Crippen MR) is 93.2 cm³/mol. The molecule has 24 heavy (non-hydrogen) atoms. The van der Waals surface area contributed by atoms with Crippen molar-refractivity contribution >= 4 is 17.4 Å². The van der Waals surface area contributed by atoms with Gasteiger partial charge in [-0.05, 0) is 43.2 Å². The molecule has 1 atom stereocenters. The van der Waals surface area contributed by atoms with Crippen molar-refractivity contribution in [2.75, 3.05) is 6.54 Å². The fourth-order valence-electron chi connectivity index (χ4n) is 2.99. The second kappa shape index (κ2) is 9.88. The minimum Gasteiger partial charge on any atom is -0.356 e. The van der Waals surface area contributed by atoms with Gasteiger partial charge in [0.15, 0.2) is 0 Å². The predicted octanol–water partition coefficient (Wildman–Crippen LogP) is 3.05. The molecule has 1 aromatic rings. The Labute approximate surface area is 143 Å². The van der Waals surface area contributed by atoms with E-state index in [9.17, 15) is 9.59 Å². The molecule has 0 spiro atoms. The summed E-state index contributed by atoms with van der Waals surface area (Å²) in [5.74, 6) is -0.161. The lowest BCUT2D eigenvalue weighted by atomic mass is 9.86. The number of nitrogens with one attached hydrogen (secondary N) is 2. The van der Waals surface area contributed by atoms with Gasteiger partial charge in [-0.25, -0.2) is 5.48 Å². The van der Waals surface area contributed by atoms with E-state index in [-0.39, 0.29) is 17.7 Å². The summed E-state index contributed by atoms with van der Waals surface area (Å²) < 4.78 is 0. The van der Waals surface area contributed by atoms with Gasteiger partial charge < -0.3 is 5.32 Å². The molecule has 1 unspecified atom stereocenters. The van der Waals surface area contributed by atoms with Crippen molar-refractivity contribution in [3.63, 3.8) is 0 Å². The molecule has 5 heteroatoms. The number of hydrogen-bond acceptors (Lipinski definition) is 3. The van der Waals surface area contributed by atoms with E-state index in [1.54, 1.807) is 5.48 Å². The Kier molecular flexibility index (Phi) is 7.49. The molecular weight excluding hydrogens is 304 g/mol. The number of benzene rings is 1. The highest BCUT2D eigenvalue weighted by atomic mass is 16.5. The lowest BCUT2D eigenvalue weighted by Crippen LogP contribution is -2.32. The van der Waals surface area contributed by atoms with E-state index in [1.807, 2.05) is 18.2 Å². The first-order valence-electron chi connectivity index (χ1n) is 8.66. The molecular formula is C19H26N2O3. The van der Waals surface area contributed by atoms with Crippen LogP contribution < -0.4 is 10.8 Å². The largest absolute Gasteiger partial charge is 0.356 e. The van der Waals surface area contributed by atoms with Crippen molar-refractivity contribution in [3.8, 4) is 0 Å². The Bertz CT molecular complexity index is 569. The zero-order valence-corrected chi connectivity index (χ0v) is 14.0. The van der Waals surface area contributed by atoms with E-state index in [4.69, 9.17) is 5.21 Å². The second-order valence-corrected chi connectivity index (χ2v) is 6.20. The highest BCUT2D eigenvalue weighted by molar-refractivity contribution is 5.80. The number of rotatable bonds is 8. The van der Waals surface area contributed by atoms with Crippen molar-refractivity contribution in [2.24, 2.45) is 5.92 Å². The fraction of sp³-hybridized carbons (Fsp3) is 0.474. The number of unbranched alkanes of at least 4 members (excludes halogenated alkanes) is 2. The second-order valence-electron chi connectivity index (χ2n) is 6.20. The van der Waals surface area contributed by atoms with E-state index < -0.39 is 0 Å². The minimum absolute atomic E-state index is 0.0672. The topological polar surface area (TPSA) is 78.4 Å². The Hall–Kier alpha value is -2.14. The van der Waals surface area contributed by atoms with Gasteiger partial charge in [-0.1, -0.05) is 42.8 Å². The zero-order valence-electron chi connectivity index (χ0n) is 14.0. The van der Waals surface area contributed by atoms with Gasteiger partial charge in [0, 0.05) is 18.9 Å². The third-order valence-corrected chi connectivity index (χ3v) is 4.43. The maximum atomic E-state index is 12.2. The molecule has 0 fully saturated rings. The Morgan fingerprint density at radius 3 is 2.58 bits per heavy atom. The van der Waals surface area contributed by atoms with Crippen LogP contribution in [-0.4, -0.2) is 23.6 Å². The van der Waals surface area contributed by atoms with Crippen LogP contribution in [0, 0.1) is 5.92 Å². The molecule has 0 saturated carbocycles. The zero-order chi connectivity index (χ0) is 17.2. The third kappa shape index (κ3) is 5.81. The van der Waals surface area contributed by atoms with Crippen LogP contribution in [0.3, 0.4) is 0 Å². The number of amides is 2. The summed E-state index contributed by atoms with van der Waals surface area (Å²) in [4.78, 5) is 23.0. The summed E-state index contributed by atoms with van der Waals surface area (Å²) in [6.45, 7) is 0.644. The van der Waals surface area contributed by atoms with Crippen molar-refractivity contribution in [1.82, 2.24) is 10.8 Å². The Morgan fingerprint density at radius 1 is 1.12 bits per heavy atom. The van der Waals surface area contributed by atoms with Gasteiger partial charge in [0.25, 0.3) is 0 Å². The van der Waals surface area contributed by atoms with Crippen LogP contribution in [0.25, 0.3) is 5.57 Å². The van der Waals surface area contributed by atoms with Gasteiger partial charge in [-0.15, -0.1) is 0 Å². The molecule has 0 heterocycles. The molecule has 1 aliphatic rings. The van der Waals surface area contributed by atoms with Crippen LogP contribution in [0.5, 0.6) is 0 Å². The highest BCUT2D eigenvalue weighted by Crippen LogP contribution is 2.30. The lowest BCUT2D eigenvalue weighted by molar-refractivity contribution is -0.129. The van der Waals surface area contributed by atoms with Crippen molar-refractivity contribution in [2.45, 2.75) is 44.9 Å². The molecule has 1 aromatic carbocycles. The van der Waals surface area contributed by atoms with E-state index in [0.29, 0.717) is 13.0 Å². The first-order chi connectivity index (χ1) is 11.7. The SMILES string of the molecule is O=C(CCCCCNC(=O)C1CC=C(c2ccccc2)CC1)NO. The molecule has 0 bridgehead atoms. The summed E-state index contributed by atoms with van der Waals surface area (Å²) in [7, 11) is 0.